The van der Waals surface area contributed by atoms with Gasteiger partial charge in [-0.1, -0.05) is 0 Å². The van der Waals surface area contributed by atoms with Crippen LogP contribution in [0.25, 0.3) is 0 Å². The van der Waals surface area contributed by atoms with Crippen LogP contribution in [0.1, 0.15) is 11.1 Å². The van der Waals surface area contributed by atoms with E-state index >= 15 is 0 Å². The van der Waals surface area contributed by atoms with Gasteiger partial charge in [-0.2, -0.15) is 5.26 Å². The highest BCUT2D eigenvalue weighted by Crippen LogP contribution is 2.25. The molecule has 56 valence electrons. The van der Waals surface area contributed by atoms with Crippen molar-refractivity contribution in [1.29, 1.82) is 5.26 Å². The van der Waals surface area contributed by atoms with Crippen LogP contribution < -0.4 is 0 Å². The lowest BCUT2D eigenvalue weighted by Crippen LogP contribution is -1.84. The van der Waals surface area contributed by atoms with E-state index in [1.54, 1.807) is 19.1 Å². The van der Waals surface area contributed by atoms with E-state index < -0.39 is 0 Å². The third kappa shape index (κ3) is 1.46. The van der Waals surface area contributed by atoms with E-state index in [0.717, 1.165) is 3.57 Å². The van der Waals surface area contributed by atoms with Crippen molar-refractivity contribution in [2.24, 2.45) is 0 Å². The highest BCUT2D eigenvalue weighted by molar-refractivity contribution is 14.1. The summed E-state index contributed by atoms with van der Waals surface area (Å²) in [5, 5.41) is 17.9. The molecule has 1 rings (SSSR count). The summed E-state index contributed by atoms with van der Waals surface area (Å²) in [5.74, 6) is 0.213. The van der Waals surface area contributed by atoms with E-state index in [-0.39, 0.29) is 5.75 Å². The van der Waals surface area contributed by atoms with Crippen molar-refractivity contribution in [2.75, 3.05) is 0 Å². The van der Waals surface area contributed by atoms with Crippen LogP contribution in [0.2, 0.25) is 0 Å². The monoisotopic (exact) mass is 259 g/mol. The van der Waals surface area contributed by atoms with Gasteiger partial charge in [-0.3, -0.25) is 0 Å². The van der Waals surface area contributed by atoms with Crippen molar-refractivity contribution in [2.45, 2.75) is 6.92 Å². The predicted molar refractivity (Wildman–Crippen MR) is 50.3 cm³/mol. The number of phenolic OH excluding ortho intramolecular Hbond substituents is 1. The summed E-state index contributed by atoms with van der Waals surface area (Å²) in [4.78, 5) is 0. The van der Waals surface area contributed by atoms with E-state index in [4.69, 9.17) is 5.26 Å². The lowest BCUT2D eigenvalue weighted by atomic mass is 10.1. The molecule has 0 bridgehead atoms. The third-order valence-electron chi connectivity index (χ3n) is 1.50. The molecule has 0 unspecified atom stereocenters. The molecular weight excluding hydrogens is 253 g/mol. The van der Waals surface area contributed by atoms with Crippen LogP contribution in [0.15, 0.2) is 12.1 Å². The number of halogens is 1. The maximum atomic E-state index is 9.36. The fraction of sp³-hybridized carbons (Fsp3) is 0.125. The topological polar surface area (TPSA) is 44.0 Å². The van der Waals surface area contributed by atoms with Crippen molar-refractivity contribution in [3.05, 3.63) is 26.8 Å². The zero-order valence-corrected chi connectivity index (χ0v) is 8.08. The van der Waals surface area contributed by atoms with Gasteiger partial charge in [-0.25, -0.2) is 0 Å². The number of benzene rings is 1. The molecule has 1 N–H and O–H groups in total. The Bertz CT molecular complexity index is 328. The zero-order valence-electron chi connectivity index (χ0n) is 5.93. The molecule has 0 aromatic heterocycles. The highest BCUT2D eigenvalue weighted by Gasteiger charge is 2.04. The number of aromatic hydroxyl groups is 1. The first kappa shape index (κ1) is 8.34. The van der Waals surface area contributed by atoms with Gasteiger partial charge in [-0.15, -0.1) is 0 Å². The average molecular weight is 259 g/mol. The Balaban J connectivity index is 3.40. The van der Waals surface area contributed by atoms with Gasteiger partial charge in [0.1, 0.15) is 5.75 Å². The van der Waals surface area contributed by atoms with Crippen LogP contribution in [0.4, 0.5) is 0 Å². The van der Waals surface area contributed by atoms with E-state index in [0.29, 0.717) is 11.1 Å². The lowest BCUT2D eigenvalue weighted by Gasteiger charge is -2.01. The molecule has 0 aliphatic heterocycles. The predicted octanol–water partition coefficient (Wildman–Crippen LogP) is 2.18. The molecule has 0 atom stereocenters. The SMILES string of the molecule is Cc1c(C#N)ccc(I)c1O. The fourth-order valence-corrected chi connectivity index (χ4v) is 1.37. The number of rotatable bonds is 0. The maximum Gasteiger partial charge on any atom is 0.133 e. The van der Waals surface area contributed by atoms with Crippen LogP contribution in [0, 0.1) is 21.8 Å². The summed E-state index contributed by atoms with van der Waals surface area (Å²) in [6, 6.07) is 5.43. The molecule has 1 aromatic carbocycles. The normalized spacial score (nSPS) is 9.18. The van der Waals surface area contributed by atoms with Crippen LogP contribution in [-0.4, -0.2) is 5.11 Å². The van der Waals surface area contributed by atoms with E-state index in [1.807, 2.05) is 28.7 Å². The third-order valence-corrected chi connectivity index (χ3v) is 2.37. The number of nitrogens with zero attached hydrogens (tertiary/aromatic N) is 1. The summed E-state index contributed by atoms with van der Waals surface area (Å²) in [6.07, 6.45) is 0. The van der Waals surface area contributed by atoms with Crippen molar-refractivity contribution < 1.29 is 5.11 Å². The Kier molecular flexibility index (Phi) is 2.35. The Morgan fingerprint density at radius 3 is 2.73 bits per heavy atom. The zero-order chi connectivity index (χ0) is 8.43. The van der Waals surface area contributed by atoms with Gasteiger partial charge in [0.2, 0.25) is 0 Å². The number of hydrogen-bond acceptors (Lipinski definition) is 2. The van der Waals surface area contributed by atoms with Gasteiger partial charge in [0.25, 0.3) is 0 Å². The van der Waals surface area contributed by atoms with Gasteiger partial charge in [-0.05, 0) is 41.6 Å². The van der Waals surface area contributed by atoms with Crippen molar-refractivity contribution >= 4 is 22.6 Å². The first-order valence-corrected chi connectivity index (χ1v) is 4.13. The van der Waals surface area contributed by atoms with Gasteiger partial charge in [0, 0.05) is 5.56 Å². The lowest BCUT2D eigenvalue weighted by molar-refractivity contribution is 0.467. The van der Waals surface area contributed by atoms with Crippen LogP contribution in [-0.2, 0) is 0 Å². The molecule has 11 heavy (non-hydrogen) atoms. The summed E-state index contributed by atoms with van der Waals surface area (Å²) in [6.45, 7) is 1.73. The maximum absolute atomic E-state index is 9.36. The van der Waals surface area contributed by atoms with Crippen molar-refractivity contribution in [1.82, 2.24) is 0 Å². The van der Waals surface area contributed by atoms with E-state index in [2.05, 4.69) is 0 Å². The molecule has 0 saturated carbocycles. The second kappa shape index (κ2) is 3.09. The first-order chi connectivity index (χ1) is 5.16. The molecule has 2 nitrogen and oxygen atoms in total. The molecular formula is C8H6INO. The molecule has 0 radical (unpaired) electrons. The smallest absolute Gasteiger partial charge is 0.133 e. The largest absolute Gasteiger partial charge is 0.507 e. The molecule has 0 fully saturated rings. The summed E-state index contributed by atoms with van der Waals surface area (Å²) >= 11 is 2.02. The van der Waals surface area contributed by atoms with Gasteiger partial charge in [0.05, 0.1) is 15.2 Å². The quantitative estimate of drug-likeness (QED) is 0.725. The Labute approximate surface area is 78.6 Å². The molecule has 0 aliphatic rings. The molecule has 0 amide bonds. The molecule has 0 spiro atoms. The highest BCUT2D eigenvalue weighted by atomic mass is 127. The average Bonchev–Trinajstić information content (AvgIpc) is 2.01. The van der Waals surface area contributed by atoms with Gasteiger partial charge >= 0.3 is 0 Å². The second-order valence-electron chi connectivity index (χ2n) is 2.18. The Morgan fingerprint density at radius 1 is 1.55 bits per heavy atom. The molecule has 3 heteroatoms. The van der Waals surface area contributed by atoms with Crippen molar-refractivity contribution in [3.63, 3.8) is 0 Å². The molecule has 1 aromatic rings. The van der Waals surface area contributed by atoms with Crippen molar-refractivity contribution in [3.8, 4) is 11.8 Å². The summed E-state index contributed by atoms with van der Waals surface area (Å²) in [7, 11) is 0. The standard InChI is InChI=1S/C8H6INO/c1-5-6(4-10)2-3-7(9)8(5)11/h2-3,11H,1H3. The number of nitriles is 1. The molecule has 0 aliphatic carbocycles. The number of phenols is 1. The van der Waals surface area contributed by atoms with Gasteiger partial charge in [0.15, 0.2) is 0 Å². The minimum Gasteiger partial charge on any atom is -0.507 e. The summed E-state index contributed by atoms with van der Waals surface area (Å²) in [5.41, 5.74) is 1.18. The minimum atomic E-state index is 0.213. The Hall–Kier alpha value is -0.760. The van der Waals surface area contributed by atoms with Crippen LogP contribution >= 0.6 is 22.6 Å². The minimum absolute atomic E-state index is 0.213. The van der Waals surface area contributed by atoms with E-state index in [9.17, 15) is 5.11 Å². The van der Waals surface area contributed by atoms with Crippen LogP contribution in [0.5, 0.6) is 5.75 Å². The molecule has 0 heterocycles. The second-order valence-corrected chi connectivity index (χ2v) is 3.34. The first-order valence-electron chi connectivity index (χ1n) is 3.05. The Morgan fingerprint density at radius 2 is 2.18 bits per heavy atom. The van der Waals surface area contributed by atoms with E-state index in [1.165, 1.54) is 0 Å². The molecule has 0 saturated heterocycles. The summed E-state index contributed by atoms with van der Waals surface area (Å²) < 4.78 is 0.777. The van der Waals surface area contributed by atoms with Crippen LogP contribution in [0.3, 0.4) is 0 Å². The fourth-order valence-electron chi connectivity index (χ4n) is 0.788. The van der Waals surface area contributed by atoms with Gasteiger partial charge < -0.3 is 5.11 Å². The number of hydrogen-bond donors (Lipinski definition) is 1.